The first kappa shape index (κ1) is 15.0. The lowest BCUT2D eigenvalue weighted by Gasteiger charge is -2.12. The average molecular weight is 242 g/mol. The maximum absolute atomic E-state index is 10.1. The summed E-state index contributed by atoms with van der Waals surface area (Å²) in [6.45, 7) is 0. The van der Waals surface area contributed by atoms with E-state index >= 15 is 0 Å². The van der Waals surface area contributed by atoms with E-state index in [-0.39, 0.29) is 12.4 Å². The van der Waals surface area contributed by atoms with Crippen LogP contribution in [0.25, 0.3) is 0 Å². The fourth-order valence-electron chi connectivity index (χ4n) is 0.319. The molecule has 5 N–H and O–H groups in total. The monoisotopic (exact) mass is 242 g/mol. The Morgan fingerprint density at radius 1 is 1.08 bits per heavy atom. The summed E-state index contributed by atoms with van der Waals surface area (Å²) in [5.74, 6) is -2.29. The summed E-state index contributed by atoms with van der Waals surface area (Å²) in [6.07, 6.45) is -1.22. The number of rotatable bonds is 3. The predicted molar refractivity (Wildman–Crippen MR) is 42.2 cm³/mol. The summed E-state index contributed by atoms with van der Waals surface area (Å²) in [5.41, 5.74) is 0. The van der Waals surface area contributed by atoms with Gasteiger partial charge in [-0.1, -0.05) is 0 Å². The Balaban J connectivity index is 0. The highest BCUT2D eigenvalue weighted by Gasteiger charge is 2.32. The summed E-state index contributed by atoms with van der Waals surface area (Å²) >= 11 is 0. The van der Waals surface area contributed by atoms with E-state index in [9.17, 15) is 9.13 Å². The number of aliphatic hydroxyl groups excluding tert-OH is 1. The molecule has 0 heterocycles. The number of halogens is 1. The van der Waals surface area contributed by atoms with Gasteiger partial charge in [0.05, 0.1) is 6.16 Å². The fourth-order valence-corrected chi connectivity index (χ4v) is 2.23. The van der Waals surface area contributed by atoms with Crippen LogP contribution >= 0.6 is 27.6 Å². The molecule has 0 aromatic heterocycles. The normalized spacial score (nSPS) is 15.1. The van der Waals surface area contributed by atoms with Crippen LogP contribution in [0.4, 0.5) is 0 Å². The predicted octanol–water partition coefficient (Wildman–Crippen LogP) is -0.918. The first-order valence-electron chi connectivity index (χ1n) is 2.41. The van der Waals surface area contributed by atoms with Crippen LogP contribution in [0.1, 0.15) is 0 Å². The topological polar surface area (TPSA) is 135 Å². The molecule has 0 rings (SSSR count). The lowest BCUT2D eigenvalue weighted by molar-refractivity contribution is 0.211. The molecule has 0 fully saturated rings. The SMILES string of the molecule is Cl.O=P(O)(O)CC(O)P(=O)(O)O. The van der Waals surface area contributed by atoms with Crippen molar-refractivity contribution in [1.82, 2.24) is 0 Å². The van der Waals surface area contributed by atoms with Gasteiger partial charge in [0.1, 0.15) is 0 Å². The lowest BCUT2D eigenvalue weighted by Crippen LogP contribution is -2.12. The van der Waals surface area contributed by atoms with Gasteiger partial charge in [0.2, 0.25) is 0 Å². The van der Waals surface area contributed by atoms with Crippen molar-refractivity contribution >= 4 is 27.6 Å². The maximum atomic E-state index is 10.1. The van der Waals surface area contributed by atoms with Gasteiger partial charge in [0, 0.05) is 0 Å². The van der Waals surface area contributed by atoms with Gasteiger partial charge in [0.25, 0.3) is 0 Å². The van der Waals surface area contributed by atoms with E-state index < -0.39 is 27.2 Å². The molecular formula is C2H9ClO7P2. The van der Waals surface area contributed by atoms with Crippen molar-refractivity contribution in [3.8, 4) is 0 Å². The Labute approximate surface area is 74.2 Å². The van der Waals surface area contributed by atoms with Crippen LogP contribution in [0, 0.1) is 0 Å². The van der Waals surface area contributed by atoms with E-state index in [4.69, 9.17) is 24.7 Å². The highest BCUT2D eigenvalue weighted by molar-refractivity contribution is 7.56. The van der Waals surface area contributed by atoms with E-state index in [1.807, 2.05) is 0 Å². The molecule has 0 saturated heterocycles. The van der Waals surface area contributed by atoms with Crippen LogP contribution in [0.3, 0.4) is 0 Å². The van der Waals surface area contributed by atoms with Gasteiger partial charge in [0.15, 0.2) is 5.85 Å². The van der Waals surface area contributed by atoms with Gasteiger partial charge >= 0.3 is 15.2 Å². The van der Waals surface area contributed by atoms with Crippen molar-refractivity contribution in [3.63, 3.8) is 0 Å². The first-order chi connectivity index (χ1) is 4.63. The van der Waals surface area contributed by atoms with Crippen molar-refractivity contribution in [2.24, 2.45) is 0 Å². The Morgan fingerprint density at radius 2 is 1.42 bits per heavy atom. The minimum absolute atomic E-state index is 0. The highest BCUT2D eigenvalue weighted by atomic mass is 35.5. The molecule has 0 aliphatic carbocycles. The number of hydrogen-bond acceptors (Lipinski definition) is 3. The summed E-state index contributed by atoms with van der Waals surface area (Å²) in [6, 6.07) is 0. The molecule has 1 atom stereocenters. The maximum Gasteiger partial charge on any atom is 0.354 e. The fraction of sp³-hybridized carbons (Fsp3) is 1.00. The molecule has 76 valence electrons. The highest BCUT2D eigenvalue weighted by Crippen LogP contribution is 2.47. The van der Waals surface area contributed by atoms with Crippen molar-refractivity contribution in [3.05, 3.63) is 0 Å². The van der Waals surface area contributed by atoms with Crippen LogP contribution in [0.15, 0.2) is 0 Å². The molecule has 0 bridgehead atoms. The minimum atomic E-state index is -4.79. The van der Waals surface area contributed by atoms with Crippen LogP contribution in [0.5, 0.6) is 0 Å². The average Bonchev–Trinajstić information content (AvgIpc) is 1.56. The van der Waals surface area contributed by atoms with Crippen molar-refractivity contribution in [1.29, 1.82) is 0 Å². The molecule has 10 heteroatoms. The summed E-state index contributed by atoms with van der Waals surface area (Å²) in [7, 11) is -9.35. The van der Waals surface area contributed by atoms with E-state index in [0.29, 0.717) is 0 Å². The molecule has 0 aliphatic rings. The van der Waals surface area contributed by atoms with Crippen LogP contribution in [-0.2, 0) is 9.13 Å². The van der Waals surface area contributed by atoms with Crippen molar-refractivity contribution in [2.75, 3.05) is 6.16 Å². The van der Waals surface area contributed by atoms with E-state index in [0.717, 1.165) is 0 Å². The molecule has 0 aromatic carbocycles. The second-order valence-electron chi connectivity index (χ2n) is 1.92. The van der Waals surface area contributed by atoms with Gasteiger partial charge in [-0.05, 0) is 0 Å². The molecule has 1 unspecified atom stereocenters. The minimum Gasteiger partial charge on any atom is -0.380 e. The molecule has 7 nitrogen and oxygen atoms in total. The van der Waals surface area contributed by atoms with Crippen molar-refractivity contribution < 1.29 is 33.8 Å². The van der Waals surface area contributed by atoms with Gasteiger partial charge in [-0.25, -0.2) is 0 Å². The standard InChI is InChI=1S/C2H8O7P2.ClH/c3-2(11(7,8)9)1-10(4,5)6;/h2-3H,1H2,(H2,4,5,6)(H2,7,8,9);1H. The Bertz CT molecular complexity index is 215. The first-order valence-corrected chi connectivity index (χ1v) is 5.89. The summed E-state index contributed by atoms with van der Waals surface area (Å²) in [4.78, 5) is 32.7. The van der Waals surface area contributed by atoms with E-state index in [1.165, 1.54) is 0 Å². The summed E-state index contributed by atoms with van der Waals surface area (Å²) in [5, 5.41) is 8.47. The zero-order valence-electron chi connectivity index (χ0n) is 5.64. The van der Waals surface area contributed by atoms with E-state index in [1.54, 1.807) is 0 Å². The third-order valence-corrected chi connectivity index (χ3v) is 2.86. The van der Waals surface area contributed by atoms with Gasteiger partial charge in [-0.2, -0.15) is 0 Å². The van der Waals surface area contributed by atoms with Crippen molar-refractivity contribution in [2.45, 2.75) is 5.85 Å². The molecule has 0 aromatic rings. The Kier molecular flexibility index (Phi) is 5.88. The van der Waals surface area contributed by atoms with Gasteiger partial charge in [-0.15, -0.1) is 12.4 Å². The number of aliphatic hydroxyl groups is 1. The van der Waals surface area contributed by atoms with Crippen LogP contribution < -0.4 is 0 Å². The summed E-state index contributed by atoms with van der Waals surface area (Å²) < 4.78 is 20.2. The zero-order chi connectivity index (χ0) is 9.28. The molecule has 0 aliphatic heterocycles. The molecule has 0 saturated carbocycles. The number of hydrogen-bond donors (Lipinski definition) is 5. The smallest absolute Gasteiger partial charge is 0.354 e. The Morgan fingerprint density at radius 3 is 1.50 bits per heavy atom. The second-order valence-corrected chi connectivity index (χ2v) is 5.39. The van der Waals surface area contributed by atoms with Gasteiger partial charge < -0.3 is 24.7 Å². The largest absolute Gasteiger partial charge is 0.380 e. The quantitative estimate of drug-likeness (QED) is 0.404. The molecule has 0 spiro atoms. The van der Waals surface area contributed by atoms with E-state index in [2.05, 4.69) is 0 Å². The van der Waals surface area contributed by atoms with Crippen LogP contribution in [-0.4, -0.2) is 36.7 Å². The molecular weight excluding hydrogens is 233 g/mol. The lowest BCUT2D eigenvalue weighted by atomic mass is 10.9. The Hall–Kier alpha value is 0.550. The zero-order valence-corrected chi connectivity index (χ0v) is 8.25. The second kappa shape index (κ2) is 4.69. The third kappa shape index (κ3) is 7.21. The molecule has 0 radical (unpaired) electrons. The van der Waals surface area contributed by atoms with Gasteiger partial charge in [-0.3, -0.25) is 9.13 Å². The third-order valence-electron chi connectivity index (χ3n) is 0.789. The molecule has 12 heavy (non-hydrogen) atoms. The molecule has 0 amide bonds. The van der Waals surface area contributed by atoms with Crippen LogP contribution in [0.2, 0.25) is 0 Å².